The number of nitrogens with zero attached hydrogens (tertiary/aromatic N) is 3. The summed E-state index contributed by atoms with van der Waals surface area (Å²) in [5, 5.41) is 11.4. The lowest BCUT2D eigenvalue weighted by atomic mass is 9.57. The first-order valence-electron chi connectivity index (χ1n) is 11.3. The van der Waals surface area contributed by atoms with Crippen molar-refractivity contribution < 1.29 is 24.3 Å². The molecule has 4 aliphatic heterocycles. The minimum Gasteiger partial charge on any atom is -0.465 e. The Bertz CT molecular complexity index is 1040. The highest BCUT2D eigenvalue weighted by Crippen LogP contribution is 2.54. The number of anilines is 1. The van der Waals surface area contributed by atoms with Gasteiger partial charge < -0.3 is 19.8 Å². The molecule has 4 fully saturated rings. The topological polar surface area (TPSA) is 110 Å². The molecule has 2 unspecified atom stereocenters. The van der Waals surface area contributed by atoms with E-state index in [2.05, 4.69) is 16.3 Å². The molecule has 32 heavy (non-hydrogen) atoms. The summed E-state index contributed by atoms with van der Waals surface area (Å²) in [6.07, 6.45) is 1.87. The molecule has 5 aliphatic rings. The highest BCUT2D eigenvalue weighted by atomic mass is 16.4. The fraction of sp³-hybridized carbons (Fsp3) is 0.565. The zero-order valence-electron chi connectivity index (χ0n) is 17.7. The van der Waals surface area contributed by atoms with E-state index in [0.29, 0.717) is 38.5 Å². The third-order valence-corrected chi connectivity index (χ3v) is 8.16. The van der Waals surface area contributed by atoms with Crippen LogP contribution < -0.4 is 10.2 Å². The molecule has 1 saturated carbocycles. The molecule has 0 radical (unpaired) electrons. The second-order valence-corrected chi connectivity index (χ2v) is 10.3. The Kier molecular flexibility index (Phi) is 3.95. The molecule has 0 bridgehead atoms. The Morgan fingerprint density at radius 3 is 2.53 bits per heavy atom. The normalized spacial score (nSPS) is 30.7. The number of hydrogen-bond donors (Lipinski definition) is 2. The second-order valence-electron chi connectivity index (χ2n) is 10.3. The highest BCUT2D eigenvalue weighted by molar-refractivity contribution is 6.05. The molecular formula is C23H26N4O5. The van der Waals surface area contributed by atoms with Crippen molar-refractivity contribution in [3.8, 4) is 0 Å². The number of nitrogens with one attached hydrogen (secondary N) is 1. The maximum absolute atomic E-state index is 13.4. The molecule has 1 aliphatic carbocycles. The molecule has 168 valence electrons. The molecule has 4 heterocycles. The molecule has 9 nitrogen and oxygen atoms in total. The molecule has 2 spiro atoms. The zero-order chi connectivity index (χ0) is 22.3. The van der Waals surface area contributed by atoms with E-state index in [9.17, 15) is 19.2 Å². The first kappa shape index (κ1) is 19.6. The maximum Gasteiger partial charge on any atom is 0.407 e. The first-order valence-corrected chi connectivity index (χ1v) is 11.3. The van der Waals surface area contributed by atoms with E-state index in [4.69, 9.17) is 5.11 Å². The van der Waals surface area contributed by atoms with Crippen LogP contribution >= 0.6 is 0 Å². The number of carboxylic acid groups (broad SMARTS) is 1. The van der Waals surface area contributed by atoms with E-state index in [1.165, 1.54) is 4.90 Å². The first-order chi connectivity index (χ1) is 15.3. The van der Waals surface area contributed by atoms with Gasteiger partial charge in [0.2, 0.25) is 17.7 Å². The summed E-state index contributed by atoms with van der Waals surface area (Å²) in [4.78, 5) is 53.7. The average molecular weight is 438 g/mol. The number of piperidine rings is 1. The van der Waals surface area contributed by atoms with Crippen molar-refractivity contribution in [3.63, 3.8) is 0 Å². The molecule has 2 atom stereocenters. The molecule has 1 aromatic rings. The Hall–Kier alpha value is -3.10. The van der Waals surface area contributed by atoms with Crippen LogP contribution in [0.15, 0.2) is 24.3 Å². The lowest BCUT2D eigenvalue weighted by Crippen LogP contribution is -2.71. The number of fused-ring (bicyclic) bond motifs is 2. The Morgan fingerprint density at radius 1 is 1.09 bits per heavy atom. The second kappa shape index (κ2) is 6.46. The summed E-state index contributed by atoms with van der Waals surface area (Å²) >= 11 is 0. The van der Waals surface area contributed by atoms with Gasteiger partial charge in [-0.1, -0.05) is 18.2 Å². The van der Waals surface area contributed by atoms with Gasteiger partial charge in [0.05, 0.1) is 0 Å². The van der Waals surface area contributed by atoms with Gasteiger partial charge in [-0.15, -0.1) is 0 Å². The number of carbonyl (C=O) groups excluding carboxylic acids is 3. The van der Waals surface area contributed by atoms with Crippen LogP contribution in [0.25, 0.3) is 0 Å². The van der Waals surface area contributed by atoms with Crippen molar-refractivity contribution in [3.05, 3.63) is 29.8 Å². The number of para-hydroxylation sites is 1. The molecule has 6 rings (SSSR count). The molecule has 9 heteroatoms. The van der Waals surface area contributed by atoms with E-state index in [-0.39, 0.29) is 29.6 Å². The predicted octanol–water partition coefficient (Wildman–Crippen LogP) is 0.782. The predicted molar refractivity (Wildman–Crippen MR) is 113 cm³/mol. The van der Waals surface area contributed by atoms with Crippen LogP contribution in [0.2, 0.25) is 0 Å². The average Bonchev–Trinajstić information content (AvgIpc) is 3.03. The van der Waals surface area contributed by atoms with Crippen LogP contribution in [0.3, 0.4) is 0 Å². The van der Waals surface area contributed by atoms with Gasteiger partial charge in [0, 0.05) is 50.2 Å². The third-order valence-electron chi connectivity index (χ3n) is 8.16. The van der Waals surface area contributed by atoms with Crippen LogP contribution in [0.5, 0.6) is 0 Å². The summed E-state index contributed by atoms with van der Waals surface area (Å²) < 4.78 is 0. The van der Waals surface area contributed by atoms with Crippen molar-refractivity contribution >= 4 is 29.5 Å². The fourth-order valence-electron chi connectivity index (χ4n) is 6.74. The molecule has 0 aromatic heterocycles. The monoisotopic (exact) mass is 438 g/mol. The van der Waals surface area contributed by atoms with Gasteiger partial charge in [0.15, 0.2) is 0 Å². The molecule has 1 aromatic carbocycles. The standard InChI is InChI=1S/C23H26N4O5/c28-18-6-5-17(19(29)24-18)27-13-23(20(27)30)12-25(16-4-2-1-3-15(16)23)9-14-7-22(8-14)10-26(11-22)21(31)32/h1-4,14,17H,5-13H2,(H,31,32)(H,24,28,29). The molecule has 2 N–H and O–H groups in total. The van der Waals surface area contributed by atoms with Gasteiger partial charge in [0.25, 0.3) is 0 Å². The maximum atomic E-state index is 13.4. The van der Waals surface area contributed by atoms with Gasteiger partial charge in [-0.05, 0) is 36.8 Å². The van der Waals surface area contributed by atoms with Crippen molar-refractivity contribution in [2.45, 2.75) is 37.1 Å². The molecule has 4 amide bonds. The van der Waals surface area contributed by atoms with Gasteiger partial charge in [-0.25, -0.2) is 4.79 Å². The van der Waals surface area contributed by atoms with Crippen molar-refractivity contribution in [2.24, 2.45) is 11.3 Å². The van der Waals surface area contributed by atoms with E-state index in [1.54, 1.807) is 4.90 Å². The number of β-lactam (4-membered cyclic amide) rings is 1. The fourth-order valence-corrected chi connectivity index (χ4v) is 6.74. The summed E-state index contributed by atoms with van der Waals surface area (Å²) in [6.45, 7) is 3.24. The summed E-state index contributed by atoms with van der Waals surface area (Å²) in [7, 11) is 0. The van der Waals surface area contributed by atoms with Gasteiger partial charge in [-0.2, -0.15) is 0 Å². The number of benzene rings is 1. The van der Waals surface area contributed by atoms with Crippen molar-refractivity contribution in [2.75, 3.05) is 37.6 Å². The van der Waals surface area contributed by atoms with Gasteiger partial charge in [-0.3, -0.25) is 19.7 Å². The van der Waals surface area contributed by atoms with E-state index in [1.807, 2.05) is 18.2 Å². The summed E-state index contributed by atoms with van der Waals surface area (Å²) in [5.74, 6) is -0.176. The van der Waals surface area contributed by atoms with Crippen molar-refractivity contribution in [1.82, 2.24) is 15.1 Å². The van der Waals surface area contributed by atoms with Gasteiger partial charge in [0.1, 0.15) is 11.5 Å². The van der Waals surface area contributed by atoms with Crippen LogP contribution in [-0.2, 0) is 19.8 Å². The molecular weight excluding hydrogens is 412 g/mol. The Labute approximate surface area is 185 Å². The summed E-state index contributed by atoms with van der Waals surface area (Å²) in [6, 6.07) is 7.47. The Balaban J connectivity index is 1.14. The lowest BCUT2D eigenvalue weighted by molar-refractivity contribution is -0.161. The largest absolute Gasteiger partial charge is 0.465 e. The number of carbonyl (C=O) groups is 4. The summed E-state index contributed by atoms with van der Waals surface area (Å²) in [5.41, 5.74) is 1.67. The van der Waals surface area contributed by atoms with Gasteiger partial charge >= 0.3 is 6.09 Å². The number of imide groups is 1. The van der Waals surface area contributed by atoms with E-state index in [0.717, 1.165) is 30.6 Å². The van der Waals surface area contributed by atoms with E-state index >= 15 is 0 Å². The molecule has 3 saturated heterocycles. The number of hydrogen-bond acceptors (Lipinski definition) is 5. The van der Waals surface area contributed by atoms with Crippen molar-refractivity contribution in [1.29, 1.82) is 0 Å². The minimum absolute atomic E-state index is 0.0249. The number of likely N-dealkylation sites (tertiary alicyclic amines) is 2. The Morgan fingerprint density at radius 2 is 1.84 bits per heavy atom. The zero-order valence-corrected chi connectivity index (χ0v) is 17.7. The number of rotatable bonds is 3. The highest BCUT2D eigenvalue weighted by Gasteiger charge is 2.61. The van der Waals surface area contributed by atoms with Crippen LogP contribution in [-0.4, -0.2) is 77.5 Å². The quantitative estimate of drug-likeness (QED) is 0.533. The third kappa shape index (κ3) is 2.63. The lowest BCUT2D eigenvalue weighted by Gasteiger charge is -2.58. The van der Waals surface area contributed by atoms with E-state index < -0.39 is 17.6 Å². The smallest absolute Gasteiger partial charge is 0.407 e. The SMILES string of the molecule is O=C1CCC(N2CC3(CN(CC4CC5(C4)CN(C(=O)O)C5)c4ccccc43)C2=O)C(=O)N1. The van der Waals surface area contributed by atoms with Crippen LogP contribution in [0.1, 0.15) is 31.2 Å². The van der Waals surface area contributed by atoms with Crippen LogP contribution in [0, 0.1) is 11.3 Å². The van der Waals surface area contributed by atoms with Crippen LogP contribution in [0.4, 0.5) is 10.5 Å². The minimum atomic E-state index is -0.835. The number of amides is 4.